The van der Waals surface area contributed by atoms with Gasteiger partial charge in [0.15, 0.2) is 0 Å². The van der Waals surface area contributed by atoms with Crippen LogP contribution in [-0.2, 0) is 0 Å². The number of allylic oxidation sites excluding steroid dienone is 2. The fourth-order valence-electron chi connectivity index (χ4n) is 5.79. The molecular formula is C40H80ClN. The summed E-state index contributed by atoms with van der Waals surface area (Å²) in [4.78, 5) is 2.42. The van der Waals surface area contributed by atoms with Gasteiger partial charge < -0.3 is 4.90 Å². The van der Waals surface area contributed by atoms with Crippen LogP contribution in [-0.4, -0.2) is 10.4 Å². The molecule has 0 spiro atoms. The number of hydrogen-bond acceptors (Lipinski definition) is 1. The molecule has 252 valence electrons. The molecular weight excluding hydrogens is 530 g/mol. The predicted molar refractivity (Wildman–Crippen MR) is 197 cm³/mol. The van der Waals surface area contributed by atoms with Crippen LogP contribution in [0.1, 0.15) is 227 Å². The second kappa shape index (κ2) is 35.1. The van der Waals surface area contributed by atoms with Crippen molar-refractivity contribution in [2.45, 2.75) is 233 Å². The molecule has 0 rings (SSSR count). The Kier molecular flexibility index (Phi) is 36.5. The third kappa shape index (κ3) is 34.1. The molecule has 2 heteroatoms. The highest BCUT2D eigenvalue weighted by Crippen LogP contribution is 2.18. The molecule has 1 nitrogen and oxygen atoms in total. The summed E-state index contributed by atoms with van der Waals surface area (Å²) >= 11 is 0. The van der Waals surface area contributed by atoms with Crippen LogP contribution in [0.4, 0.5) is 0 Å². The minimum absolute atomic E-state index is 0. The molecule has 0 aromatic rings. The lowest BCUT2D eigenvalue weighted by molar-refractivity contribution is 0.279. The van der Waals surface area contributed by atoms with Crippen LogP contribution in [0, 0.1) is 0 Å². The van der Waals surface area contributed by atoms with Crippen molar-refractivity contribution in [2.75, 3.05) is 0 Å². The van der Waals surface area contributed by atoms with Crippen molar-refractivity contribution in [3.8, 4) is 0 Å². The molecule has 0 aliphatic carbocycles. The van der Waals surface area contributed by atoms with E-state index in [1.807, 2.05) is 0 Å². The van der Waals surface area contributed by atoms with Crippen LogP contribution >= 0.6 is 12.4 Å². The van der Waals surface area contributed by atoms with Crippen molar-refractivity contribution in [2.24, 2.45) is 0 Å². The summed E-state index contributed by atoms with van der Waals surface area (Å²) in [5.74, 6) is 0. The first-order valence-corrected chi connectivity index (χ1v) is 19.1. The van der Waals surface area contributed by atoms with Crippen molar-refractivity contribution >= 4 is 12.4 Å². The van der Waals surface area contributed by atoms with Crippen molar-refractivity contribution in [1.82, 2.24) is 4.90 Å². The van der Waals surface area contributed by atoms with Crippen molar-refractivity contribution < 1.29 is 0 Å². The van der Waals surface area contributed by atoms with Gasteiger partial charge in [0, 0.05) is 17.9 Å². The summed E-state index contributed by atoms with van der Waals surface area (Å²) in [6, 6.07) is 0. The number of unbranched alkanes of at least 4 members (excludes halogenated alkanes) is 28. The molecule has 0 aromatic heterocycles. The SMILES string of the molecule is CCCCCCCCCCCCCCCC/C=C/N(/C=C/CCCCCCCCCCCCCCCC)C(C)(C)C.Cl. The van der Waals surface area contributed by atoms with E-state index >= 15 is 0 Å². The Labute approximate surface area is 274 Å². The zero-order chi connectivity index (χ0) is 30.1. The summed E-state index contributed by atoms with van der Waals surface area (Å²) in [5, 5.41) is 0. The van der Waals surface area contributed by atoms with E-state index in [9.17, 15) is 0 Å². The van der Waals surface area contributed by atoms with Gasteiger partial charge in [-0.3, -0.25) is 0 Å². The molecule has 0 amide bonds. The standard InChI is InChI=1S/C40H79N.ClH/c1-6-8-10-12-14-16-18-20-22-24-26-28-30-32-34-36-38-41(40(3,4)5)39-37-35-33-31-29-27-25-23-21-19-17-15-13-11-9-7-2;/h36-39H,6-35H2,1-5H3;1H/b38-36+,39-37+;. The number of rotatable bonds is 32. The van der Waals surface area contributed by atoms with Crippen LogP contribution in [0.2, 0.25) is 0 Å². The third-order valence-electron chi connectivity index (χ3n) is 8.76. The molecule has 0 saturated heterocycles. The molecule has 0 bridgehead atoms. The molecule has 0 N–H and O–H groups in total. The largest absolute Gasteiger partial charge is 0.350 e. The Hall–Kier alpha value is -0.430. The van der Waals surface area contributed by atoms with E-state index in [2.05, 4.69) is 64.1 Å². The third-order valence-corrected chi connectivity index (χ3v) is 8.76. The lowest BCUT2D eigenvalue weighted by atomic mass is 10.0. The fraction of sp³-hybridized carbons (Fsp3) is 0.900. The molecule has 0 aliphatic rings. The minimum Gasteiger partial charge on any atom is -0.350 e. The van der Waals surface area contributed by atoms with Gasteiger partial charge in [0.2, 0.25) is 0 Å². The Morgan fingerprint density at radius 3 is 0.786 bits per heavy atom. The van der Waals surface area contributed by atoms with Gasteiger partial charge in [-0.15, -0.1) is 12.4 Å². The Morgan fingerprint density at radius 2 is 0.571 bits per heavy atom. The van der Waals surface area contributed by atoms with Crippen LogP contribution in [0.3, 0.4) is 0 Å². The minimum atomic E-state index is 0. The highest BCUT2D eigenvalue weighted by Gasteiger charge is 2.14. The second-order valence-corrected chi connectivity index (χ2v) is 14.1. The Morgan fingerprint density at radius 1 is 0.357 bits per heavy atom. The van der Waals surface area contributed by atoms with E-state index in [4.69, 9.17) is 0 Å². The maximum absolute atomic E-state index is 2.42. The van der Waals surface area contributed by atoms with E-state index in [0.717, 1.165) is 0 Å². The van der Waals surface area contributed by atoms with Gasteiger partial charge in [0.05, 0.1) is 0 Å². The molecule has 0 aromatic carbocycles. The molecule has 0 atom stereocenters. The first-order valence-electron chi connectivity index (χ1n) is 19.1. The van der Waals surface area contributed by atoms with E-state index < -0.39 is 0 Å². The first-order chi connectivity index (χ1) is 20.0. The van der Waals surface area contributed by atoms with E-state index in [1.165, 1.54) is 193 Å². The van der Waals surface area contributed by atoms with Gasteiger partial charge in [-0.25, -0.2) is 0 Å². The fourth-order valence-corrected chi connectivity index (χ4v) is 5.79. The summed E-state index contributed by atoms with van der Waals surface area (Å²) in [5.41, 5.74) is 0.151. The Bertz CT molecular complexity index is 504. The molecule has 0 aliphatic heterocycles. The number of nitrogens with zero attached hydrogens (tertiary/aromatic N) is 1. The smallest absolute Gasteiger partial charge is 0.0355 e. The van der Waals surface area contributed by atoms with Crippen molar-refractivity contribution in [1.29, 1.82) is 0 Å². The van der Waals surface area contributed by atoms with Crippen LogP contribution in [0.15, 0.2) is 24.6 Å². The summed E-state index contributed by atoms with van der Waals surface area (Å²) in [6.07, 6.45) is 52.1. The van der Waals surface area contributed by atoms with Crippen molar-refractivity contribution in [3.05, 3.63) is 24.6 Å². The zero-order valence-electron chi connectivity index (χ0n) is 29.9. The van der Waals surface area contributed by atoms with Crippen LogP contribution in [0.5, 0.6) is 0 Å². The average molecular weight is 611 g/mol. The zero-order valence-corrected chi connectivity index (χ0v) is 30.7. The maximum atomic E-state index is 2.42. The van der Waals surface area contributed by atoms with E-state index in [-0.39, 0.29) is 17.9 Å². The monoisotopic (exact) mass is 610 g/mol. The van der Waals surface area contributed by atoms with Gasteiger partial charge in [0.1, 0.15) is 0 Å². The summed E-state index contributed by atoms with van der Waals surface area (Å²) in [6.45, 7) is 11.6. The molecule has 42 heavy (non-hydrogen) atoms. The molecule has 0 unspecified atom stereocenters. The van der Waals surface area contributed by atoms with Gasteiger partial charge >= 0.3 is 0 Å². The topological polar surface area (TPSA) is 3.24 Å². The predicted octanol–water partition coefficient (Wildman–Crippen LogP) is 15.3. The maximum Gasteiger partial charge on any atom is 0.0355 e. The summed E-state index contributed by atoms with van der Waals surface area (Å²) in [7, 11) is 0. The molecule has 0 radical (unpaired) electrons. The first kappa shape index (κ1) is 43.7. The lowest BCUT2D eigenvalue weighted by Gasteiger charge is -2.31. The van der Waals surface area contributed by atoms with E-state index in [1.54, 1.807) is 0 Å². The molecule has 0 heterocycles. The Balaban J connectivity index is 0. The normalized spacial score (nSPS) is 12.0. The highest BCUT2D eigenvalue weighted by molar-refractivity contribution is 5.85. The lowest BCUT2D eigenvalue weighted by Crippen LogP contribution is -2.32. The highest BCUT2D eigenvalue weighted by atomic mass is 35.5. The van der Waals surface area contributed by atoms with E-state index in [0.29, 0.717) is 0 Å². The van der Waals surface area contributed by atoms with Gasteiger partial charge in [-0.2, -0.15) is 0 Å². The molecule has 0 fully saturated rings. The van der Waals surface area contributed by atoms with Crippen molar-refractivity contribution in [3.63, 3.8) is 0 Å². The number of hydrogen-bond donors (Lipinski definition) is 0. The average Bonchev–Trinajstić information content (AvgIpc) is 2.95. The van der Waals surface area contributed by atoms with Crippen LogP contribution in [0.25, 0.3) is 0 Å². The summed E-state index contributed by atoms with van der Waals surface area (Å²) < 4.78 is 0. The quantitative estimate of drug-likeness (QED) is 0.0685. The number of halogens is 1. The molecule has 0 saturated carbocycles. The van der Waals surface area contributed by atoms with Crippen LogP contribution < -0.4 is 0 Å². The second-order valence-electron chi connectivity index (χ2n) is 14.1. The van der Waals surface area contributed by atoms with Gasteiger partial charge in [0.25, 0.3) is 0 Å². The van der Waals surface area contributed by atoms with Gasteiger partial charge in [-0.1, -0.05) is 193 Å². The van der Waals surface area contributed by atoms with Gasteiger partial charge in [-0.05, 0) is 46.5 Å².